The van der Waals surface area contributed by atoms with E-state index in [1.807, 2.05) is 12.1 Å². The summed E-state index contributed by atoms with van der Waals surface area (Å²) >= 11 is 6.13. The van der Waals surface area contributed by atoms with Crippen molar-refractivity contribution in [2.24, 2.45) is 5.92 Å². The first kappa shape index (κ1) is 14.6. The lowest BCUT2D eigenvalue weighted by Crippen LogP contribution is -2.37. The van der Waals surface area contributed by atoms with Crippen LogP contribution in [0.4, 0.5) is 5.82 Å². The number of aromatic nitrogens is 1. The Morgan fingerprint density at radius 3 is 3.05 bits per heavy atom. The van der Waals surface area contributed by atoms with E-state index in [2.05, 4.69) is 23.1 Å². The number of para-hydroxylation sites is 1. The highest BCUT2D eigenvalue weighted by Gasteiger charge is 2.21. The number of nitrogens with zero attached hydrogens (tertiary/aromatic N) is 2. The smallest absolute Gasteiger partial charge is 0.129 e. The number of hydrogen-bond acceptors (Lipinski definition) is 3. The molecule has 1 fully saturated rings. The zero-order valence-electron chi connectivity index (χ0n) is 12.4. The van der Waals surface area contributed by atoms with Crippen LogP contribution in [0.1, 0.15) is 18.4 Å². The molecule has 1 aromatic heterocycles. The molecule has 0 bridgehead atoms. The fraction of sp³-hybridized carbons (Fsp3) is 0.471. The largest absolute Gasteiger partial charge is 0.384 e. The lowest BCUT2D eigenvalue weighted by Gasteiger charge is -2.33. The second kappa shape index (κ2) is 6.63. The number of hydrogen-bond donors (Lipinski definition) is 0. The van der Waals surface area contributed by atoms with E-state index in [0.717, 1.165) is 42.0 Å². The fourth-order valence-corrected chi connectivity index (χ4v) is 3.37. The molecule has 4 heteroatoms. The van der Waals surface area contributed by atoms with Crippen LogP contribution >= 0.6 is 11.6 Å². The minimum atomic E-state index is 0.519. The van der Waals surface area contributed by atoms with Crippen LogP contribution in [-0.4, -0.2) is 31.8 Å². The van der Waals surface area contributed by atoms with Crippen molar-refractivity contribution in [3.05, 3.63) is 35.9 Å². The van der Waals surface area contributed by atoms with Gasteiger partial charge in [-0.05, 0) is 36.5 Å². The van der Waals surface area contributed by atoms with E-state index in [4.69, 9.17) is 21.3 Å². The third-order valence-electron chi connectivity index (χ3n) is 4.18. The van der Waals surface area contributed by atoms with Crippen molar-refractivity contribution < 1.29 is 4.74 Å². The first-order valence-corrected chi connectivity index (χ1v) is 8.03. The van der Waals surface area contributed by atoms with Crippen LogP contribution in [0.2, 0.25) is 0 Å². The van der Waals surface area contributed by atoms with Crippen molar-refractivity contribution in [3.63, 3.8) is 0 Å². The van der Waals surface area contributed by atoms with Crippen LogP contribution in [0.25, 0.3) is 10.9 Å². The number of halogens is 1. The SMILES string of the molecule is COCC1CCCN(c2cc(CCl)c3ccccc3n2)C1. The molecular weight excluding hydrogens is 284 g/mol. The van der Waals surface area contributed by atoms with Crippen molar-refractivity contribution in [1.82, 2.24) is 4.98 Å². The maximum Gasteiger partial charge on any atom is 0.129 e. The Morgan fingerprint density at radius 2 is 2.24 bits per heavy atom. The van der Waals surface area contributed by atoms with E-state index in [0.29, 0.717) is 11.8 Å². The minimum Gasteiger partial charge on any atom is -0.384 e. The molecule has 0 amide bonds. The quantitative estimate of drug-likeness (QED) is 0.803. The number of ether oxygens (including phenoxy) is 1. The predicted octanol–water partition coefficient (Wildman–Crippen LogP) is 3.84. The number of alkyl halides is 1. The van der Waals surface area contributed by atoms with E-state index in [-0.39, 0.29) is 0 Å². The van der Waals surface area contributed by atoms with Crippen LogP contribution < -0.4 is 4.90 Å². The molecule has 0 saturated carbocycles. The molecule has 0 N–H and O–H groups in total. The maximum atomic E-state index is 6.13. The lowest BCUT2D eigenvalue weighted by molar-refractivity contribution is 0.143. The molecule has 1 aromatic carbocycles. The van der Waals surface area contributed by atoms with E-state index in [9.17, 15) is 0 Å². The van der Waals surface area contributed by atoms with Gasteiger partial charge >= 0.3 is 0 Å². The Kier molecular flexibility index (Phi) is 4.61. The highest BCUT2D eigenvalue weighted by atomic mass is 35.5. The van der Waals surface area contributed by atoms with Gasteiger partial charge in [0.1, 0.15) is 5.82 Å². The molecule has 2 heterocycles. The van der Waals surface area contributed by atoms with Gasteiger partial charge in [0.2, 0.25) is 0 Å². The number of methoxy groups -OCH3 is 1. The predicted molar refractivity (Wildman–Crippen MR) is 88.1 cm³/mol. The Labute approximate surface area is 130 Å². The Bertz CT molecular complexity index is 615. The molecule has 21 heavy (non-hydrogen) atoms. The van der Waals surface area contributed by atoms with Gasteiger partial charge in [0, 0.05) is 31.5 Å². The summed E-state index contributed by atoms with van der Waals surface area (Å²) < 4.78 is 5.31. The highest BCUT2D eigenvalue weighted by Crippen LogP contribution is 2.27. The van der Waals surface area contributed by atoms with Crippen LogP contribution in [0.3, 0.4) is 0 Å². The van der Waals surface area contributed by atoms with Gasteiger partial charge in [0.15, 0.2) is 0 Å². The minimum absolute atomic E-state index is 0.519. The summed E-state index contributed by atoms with van der Waals surface area (Å²) in [5, 5.41) is 1.15. The van der Waals surface area contributed by atoms with E-state index in [1.165, 1.54) is 12.8 Å². The zero-order valence-corrected chi connectivity index (χ0v) is 13.1. The first-order chi connectivity index (χ1) is 10.3. The van der Waals surface area contributed by atoms with Crippen molar-refractivity contribution in [2.45, 2.75) is 18.7 Å². The number of rotatable bonds is 4. The molecule has 0 spiro atoms. The Hall–Kier alpha value is -1.32. The Morgan fingerprint density at radius 1 is 1.38 bits per heavy atom. The third-order valence-corrected chi connectivity index (χ3v) is 4.47. The zero-order chi connectivity index (χ0) is 14.7. The maximum absolute atomic E-state index is 6.13. The van der Waals surface area contributed by atoms with Crippen molar-refractivity contribution in [3.8, 4) is 0 Å². The molecular formula is C17H21ClN2O. The van der Waals surface area contributed by atoms with Crippen LogP contribution in [0, 0.1) is 5.92 Å². The summed E-state index contributed by atoms with van der Waals surface area (Å²) in [5.41, 5.74) is 2.19. The third kappa shape index (κ3) is 3.14. The summed E-state index contributed by atoms with van der Waals surface area (Å²) in [6, 6.07) is 10.4. The number of anilines is 1. The average Bonchev–Trinajstić information content (AvgIpc) is 2.54. The van der Waals surface area contributed by atoms with Crippen LogP contribution in [-0.2, 0) is 10.6 Å². The van der Waals surface area contributed by atoms with Crippen LogP contribution in [0.5, 0.6) is 0 Å². The van der Waals surface area contributed by atoms with E-state index < -0.39 is 0 Å². The average molecular weight is 305 g/mol. The normalized spacial score (nSPS) is 19.1. The summed E-state index contributed by atoms with van der Waals surface area (Å²) in [5.74, 6) is 2.16. The van der Waals surface area contributed by atoms with Gasteiger partial charge in [-0.25, -0.2) is 4.98 Å². The van der Waals surface area contributed by atoms with Gasteiger partial charge in [-0.15, -0.1) is 11.6 Å². The number of piperidine rings is 1. The molecule has 1 saturated heterocycles. The molecule has 3 rings (SSSR count). The summed E-state index contributed by atoms with van der Waals surface area (Å²) in [6.45, 7) is 2.90. The van der Waals surface area contributed by atoms with Gasteiger partial charge in [-0.3, -0.25) is 0 Å². The van der Waals surface area contributed by atoms with Crippen LogP contribution in [0.15, 0.2) is 30.3 Å². The number of pyridine rings is 1. The van der Waals surface area contributed by atoms with Gasteiger partial charge in [0.25, 0.3) is 0 Å². The van der Waals surface area contributed by atoms with E-state index in [1.54, 1.807) is 7.11 Å². The molecule has 3 nitrogen and oxygen atoms in total. The number of benzene rings is 1. The molecule has 112 valence electrons. The fourth-order valence-electron chi connectivity index (χ4n) is 3.15. The molecule has 1 aliphatic rings. The standard InChI is InChI=1S/C17H21ClN2O/c1-21-12-13-5-4-8-20(11-13)17-9-14(10-18)15-6-2-3-7-16(15)19-17/h2-3,6-7,9,13H,4-5,8,10-12H2,1H3. The van der Waals surface area contributed by atoms with Gasteiger partial charge in [0.05, 0.1) is 12.1 Å². The van der Waals surface area contributed by atoms with Gasteiger partial charge in [-0.1, -0.05) is 18.2 Å². The molecule has 0 radical (unpaired) electrons. The van der Waals surface area contributed by atoms with Crippen molar-refractivity contribution >= 4 is 28.3 Å². The monoisotopic (exact) mass is 304 g/mol. The second-order valence-electron chi connectivity index (χ2n) is 5.70. The molecule has 1 atom stereocenters. The summed E-state index contributed by atoms with van der Waals surface area (Å²) in [6.07, 6.45) is 2.43. The second-order valence-corrected chi connectivity index (χ2v) is 5.97. The molecule has 0 aliphatic carbocycles. The van der Waals surface area contributed by atoms with Crippen molar-refractivity contribution in [2.75, 3.05) is 31.7 Å². The summed E-state index contributed by atoms with van der Waals surface area (Å²) in [7, 11) is 1.78. The molecule has 1 aliphatic heterocycles. The van der Waals surface area contributed by atoms with E-state index >= 15 is 0 Å². The van der Waals surface area contributed by atoms with Gasteiger partial charge < -0.3 is 9.64 Å². The summed E-state index contributed by atoms with van der Waals surface area (Å²) in [4.78, 5) is 7.20. The topological polar surface area (TPSA) is 25.4 Å². The van der Waals surface area contributed by atoms with Gasteiger partial charge in [-0.2, -0.15) is 0 Å². The first-order valence-electron chi connectivity index (χ1n) is 7.50. The Balaban J connectivity index is 1.92. The molecule has 2 aromatic rings. The molecule has 1 unspecified atom stereocenters. The lowest BCUT2D eigenvalue weighted by atomic mass is 9.98. The highest BCUT2D eigenvalue weighted by molar-refractivity contribution is 6.18. The number of fused-ring (bicyclic) bond motifs is 1. The van der Waals surface area contributed by atoms with Crippen molar-refractivity contribution in [1.29, 1.82) is 0 Å².